The average molecular weight is 339 g/mol. The van der Waals surface area contributed by atoms with Gasteiger partial charge >= 0.3 is 11.8 Å². The quantitative estimate of drug-likeness (QED) is 0.650. The minimum atomic E-state index is -0.961. The van der Waals surface area contributed by atoms with Gasteiger partial charge in [0, 0.05) is 18.3 Å². The Morgan fingerprint density at radius 1 is 1.00 bits per heavy atom. The van der Waals surface area contributed by atoms with Crippen LogP contribution in [0.2, 0.25) is 0 Å². The molecule has 0 aliphatic rings. The number of hydrogen-bond donors (Lipinski definition) is 2. The van der Waals surface area contributed by atoms with Crippen LogP contribution in [0.5, 0.6) is 0 Å². The number of carbonyl (C=O) groups is 3. The molecule has 0 fully saturated rings. The number of imide groups is 1. The molecule has 0 bridgehead atoms. The van der Waals surface area contributed by atoms with Gasteiger partial charge in [-0.3, -0.25) is 14.4 Å². The lowest BCUT2D eigenvalue weighted by atomic mass is 10.1. The highest BCUT2D eigenvalue weighted by Gasteiger charge is 2.27. The van der Waals surface area contributed by atoms with Crippen molar-refractivity contribution in [1.29, 1.82) is 0 Å². The Morgan fingerprint density at radius 3 is 2.12 bits per heavy atom. The van der Waals surface area contributed by atoms with Crippen molar-refractivity contribution in [2.45, 2.75) is 27.7 Å². The van der Waals surface area contributed by atoms with Gasteiger partial charge in [-0.1, -0.05) is 23.8 Å². The molecule has 0 aromatic heterocycles. The number of anilines is 3. The fourth-order valence-corrected chi connectivity index (χ4v) is 2.75. The molecule has 2 aromatic carbocycles. The Labute approximate surface area is 146 Å². The number of amides is 3. The molecular formula is C19H21N3O3. The topological polar surface area (TPSA) is 92.5 Å². The molecule has 0 unspecified atom stereocenters. The lowest BCUT2D eigenvalue weighted by Gasteiger charge is -2.20. The van der Waals surface area contributed by atoms with Crippen LogP contribution in [0.4, 0.5) is 17.1 Å². The normalized spacial score (nSPS) is 10.2. The summed E-state index contributed by atoms with van der Waals surface area (Å²) in [5.41, 5.74) is 9.66. The maximum atomic E-state index is 12.5. The summed E-state index contributed by atoms with van der Waals surface area (Å²) < 4.78 is 0. The molecule has 0 heterocycles. The van der Waals surface area contributed by atoms with Crippen LogP contribution >= 0.6 is 0 Å². The fourth-order valence-electron chi connectivity index (χ4n) is 2.75. The first-order chi connectivity index (χ1) is 11.7. The van der Waals surface area contributed by atoms with Gasteiger partial charge in [0.05, 0.1) is 5.69 Å². The molecule has 2 aromatic rings. The summed E-state index contributed by atoms with van der Waals surface area (Å²) in [6.07, 6.45) is 0. The monoisotopic (exact) mass is 339 g/mol. The summed E-state index contributed by atoms with van der Waals surface area (Å²) in [5.74, 6) is -2.41. The van der Waals surface area contributed by atoms with Gasteiger partial charge in [0.1, 0.15) is 0 Å². The second kappa shape index (κ2) is 7.17. The van der Waals surface area contributed by atoms with E-state index in [1.807, 2.05) is 32.9 Å². The van der Waals surface area contributed by atoms with Gasteiger partial charge < -0.3 is 11.1 Å². The van der Waals surface area contributed by atoms with Gasteiger partial charge in [0.15, 0.2) is 0 Å². The highest BCUT2D eigenvalue weighted by atomic mass is 16.2. The molecule has 6 nitrogen and oxygen atoms in total. The summed E-state index contributed by atoms with van der Waals surface area (Å²) in [6.45, 7) is 6.87. The zero-order valence-electron chi connectivity index (χ0n) is 14.7. The maximum absolute atomic E-state index is 12.5. The van der Waals surface area contributed by atoms with E-state index in [2.05, 4.69) is 5.32 Å². The molecule has 0 atom stereocenters. The predicted molar refractivity (Wildman–Crippen MR) is 98.3 cm³/mol. The number of carbonyl (C=O) groups excluding carboxylic acids is 3. The van der Waals surface area contributed by atoms with Crippen LogP contribution in [0.25, 0.3) is 0 Å². The fraction of sp³-hybridized carbons (Fsp3) is 0.211. The second-order valence-electron chi connectivity index (χ2n) is 5.98. The maximum Gasteiger partial charge on any atom is 0.323 e. The van der Waals surface area contributed by atoms with Crippen LogP contribution in [-0.2, 0) is 14.4 Å². The Hall–Kier alpha value is -3.15. The number of nitrogens with two attached hydrogens (primary N) is 1. The molecule has 0 radical (unpaired) electrons. The van der Waals surface area contributed by atoms with E-state index >= 15 is 0 Å². The van der Waals surface area contributed by atoms with Crippen molar-refractivity contribution >= 4 is 34.8 Å². The van der Waals surface area contributed by atoms with E-state index in [0.717, 1.165) is 21.6 Å². The molecule has 130 valence electrons. The predicted octanol–water partition coefficient (Wildman–Crippen LogP) is 2.71. The number of rotatable bonds is 2. The van der Waals surface area contributed by atoms with E-state index in [1.165, 1.54) is 13.0 Å². The van der Waals surface area contributed by atoms with Crippen molar-refractivity contribution in [3.8, 4) is 0 Å². The van der Waals surface area contributed by atoms with Gasteiger partial charge in [-0.2, -0.15) is 0 Å². The SMILES string of the molecule is CC(=O)N(C(=O)C(=O)Nc1c(C)cc(C)cc1C)c1cccc(N)c1. The van der Waals surface area contributed by atoms with Gasteiger partial charge in [0.2, 0.25) is 5.91 Å². The van der Waals surface area contributed by atoms with Crippen molar-refractivity contribution in [1.82, 2.24) is 0 Å². The smallest absolute Gasteiger partial charge is 0.323 e. The first-order valence-corrected chi connectivity index (χ1v) is 7.80. The third kappa shape index (κ3) is 4.03. The molecule has 25 heavy (non-hydrogen) atoms. The zero-order chi connectivity index (χ0) is 18.7. The molecule has 0 aliphatic heterocycles. The van der Waals surface area contributed by atoms with Crippen molar-refractivity contribution in [3.05, 3.63) is 53.1 Å². The Bertz CT molecular complexity index is 836. The van der Waals surface area contributed by atoms with E-state index in [0.29, 0.717) is 11.4 Å². The average Bonchev–Trinajstić information content (AvgIpc) is 2.50. The minimum Gasteiger partial charge on any atom is -0.399 e. The van der Waals surface area contributed by atoms with Crippen LogP contribution in [0.1, 0.15) is 23.6 Å². The van der Waals surface area contributed by atoms with Gasteiger partial charge in [0.25, 0.3) is 0 Å². The Morgan fingerprint density at radius 2 is 1.60 bits per heavy atom. The van der Waals surface area contributed by atoms with E-state index < -0.39 is 17.7 Å². The van der Waals surface area contributed by atoms with Gasteiger partial charge in [-0.15, -0.1) is 0 Å². The van der Waals surface area contributed by atoms with Crippen molar-refractivity contribution in [3.63, 3.8) is 0 Å². The first kappa shape index (κ1) is 18.2. The number of benzene rings is 2. The third-order valence-electron chi connectivity index (χ3n) is 3.76. The third-order valence-corrected chi connectivity index (χ3v) is 3.76. The standard InChI is InChI=1S/C19H21N3O3/c1-11-8-12(2)17(13(3)9-11)21-18(24)19(25)22(14(4)23)16-7-5-6-15(20)10-16/h5-10H,20H2,1-4H3,(H,21,24). The summed E-state index contributed by atoms with van der Waals surface area (Å²) in [5, 5.41) is 2.61. The summed E-state index contributed by atoms with van der Waals surface area (Å²) in [6, 6.07) is 10.1. The van der Waals surface area contributed by atoms with Crippen LogP contribution in [-0.4, -0.2) is 17.7 Å². The van der Waals surface area contributed by atoms with E-state index in [4.69, 9.17) is 5.73 Å². The largest absolute Gasteiger partial charge is 0.399 e. The summed E-state index contributed by atoms with van der Waals surface area (Å²) in [4.78, 5) is 37.7. The molecule has 0 saturated heterocycles. The van der Waals surface area contributed by atoms with Crippen molar-refractivity contribution in [2.75, 3.05) is 16.0 Å². The lowest BCUT2D eigenvalue weighted by Crippen LogP contribution is -2.43. The van der Waals surface area contributed by atoms with Gasteiger partial charge in [-0.25, -0.2) is 4.90 Å². The number of hydrogen-bond acceptors (Lipinski definition) is 4. The van der Waals surface area contributed by atoms with Crippen LogP contribution in [0.3, 0.4) is 0 Å². The first-order valence-electron chi connectivity index (χ1n) is 7.80. The van der Waals surface area contributed by atoms with Crippen molar-refractivity contribution < 1.29 is 14.4 Å². The van der Waals surface area contributed by atoms with Crippen LogP contribution in [0, 0.1) is 20.8 Å². The molecular weight excluding hydrogens is 318 g/mol. The number of nitrogens with zero attached hydrogens (tertiary/aromatic N) is 1. The molecule has 0 spiro atoms. The minimum absolute atomic E-state index is 0.255. The van der Waals surface area contributed by atoms with E-state index in [9.17, 15) is 14.4 Å². The van der Waals surface area contributed by atoms with E-state index in [-0.39, 0.29) is 5.69 Å². The van der Waals surface area contributed by atoms with E-state index in [1.54, 1.807) is 18.2 Å². The van der Waals surface area contributed by atoms with Gasteiger partial charge in [-0.05, 0) is 50.1 Å². The molecule has 6 heteroatoms. The second-order valence-corrected chi connectivity index (χ2v) is 5.98. The zero-order valence-corrected chi connectivity index (χ0v) is 14.7. The Balaban J connectivity index is 2.31. The highest BCUT2D eigenvalue weighted by molar-refractivity contribution is 6.48. The number of nitrogens with one attached hydrogen (secondary N) is 1. The Kier molecular flexibility index (Phi) is 5.22. The molecule has 3 amide bonds. The van der Waals surface area contributed by atoms with Crippen LogP contribution < -0.4 is 16.0 Å². The van der Waals surface area contributed by atoms with Crippen LogP contribution in [0.15, 0.2) is 36.4 Å². The van der Waals surface area contributed by atoms with Crippen molar-refractivity contribution in [2.24, 2.45) is 0 Å². The molecule has 0 aliphatic carbocycles. The number of nitrogen functional groups attached to an aromatic ring is 1. The highest BCUT2D eigenvalue weighted by Crippen LogP contribution is 2.23. The molecule has 3 N–H and O–H groups in total. The molecule has 2 rings (SSSR count). The lowest BCUT2D eigenvalue weighted by molar-refractivity contribution is -0.136. The molecule has 0 saturated carbocycles. The summed E-state index contributed by atoms with van der Waals surface area (Å²) >= 11 is 0. The summed E-state index contributed by atoms with van der Waals surface area (Å²) in [7, 11) is 0. The number of aryl methyl sites for hydroxylation is 3.